The summed E-state index contributed by atoms with van der Waals surface area (Å²) in [6.45, 7) is 3.23. The normalized spacial score (nSPS) is 10.5. The number of carbonyl (C=O) groups excluding carboxylic acids is 2. The third kappa shape index (κ3) is 9.39. The maximum atomic E-state index is 12.1. The van der Waals surface area contributed by atoms with Crippen LogP contribution < -0.4 is 9.47 Å². The van der Waals surface area contributed by atoms with E-state index in [-0.39, 0.29) is 12.4 Å². The Bertz CT molecular complexity index is 725. The molecule has 0 amide bonds. The van der Waals surface area contributed by atoms with Crippen LogP contribution in [0.2, 0.25) is 0 Å². The molecule has 0 aliphatic carbocycles. The van der Waals surface area contributed by atoms with Crippen LogP contribution in [0.4, 0.5) is 0 Å². The second kappa shape index (κ2) is 13.5. The summed E-state index contributed by atoms with van der Waals surface area (Å²) in [6.07, 6.45) is 7.46. The van der Waals surface area contributed by atoms with E-state index in [1.54, 1.807) is 48.5 Å². The van der Waals surface area contributed by atoms with Gasteiger partial charge in [-0.2, -0.15) is 0 Å². The molecule has 1 radical (unpaired) electrons. The van der Waals surface area contributed by atoms with Crippen molar-refractivity contribution in [1.29, 1.82) is 0 Å². The molecular formula is C24H29O5. The van der Waals surface area contributed by atoms with Crippen molar-refractivity contribution in [2.75, 3.05) is 13.2 Å². The molecule has 0 atom stereocenters. The fraction of sp³-hybridized carbons (Fsp3) is 0.417. The van der Waals surface area contributed by atoms with E-state index in [1.807, 2.05) is 0 Å². The average Bonchev–Trinajstić information content (AvgIpc) is 2.74. The van der Waals surface area contributed by atoms with E-state index in [1.165, 1.54) is 32.1 Å². The zero-order valence-corrected chi connectivity index (χ0v) is 17.0. The van der Waals surface area contributed by atoms with Crippen molar-refractivity contribution in [2.45, 2.75) is 51.9 Å². The molecule has 5 nitrogen and oxygen atoms in total. The molecule has 0 unspecified atom stereocenters. The summed E-state index contributed by atoms with van der Waals surface area (Å²) in [6, 6.07) is 15.8. The molecule has 0 aromatic heterocycles. The first kappa shape index (κ1) is 22.6. The number of hydrogen-bond acceptors (Lipinski definition) is 5. The van der Waals surface area contributed by atoms with E-state index >= 15 is 0 Å². The lowest BCUT2D eigenvalue weighted by Gasteiger charge is -2.07. The van der Waals surface area contributed by atoms with Crippen molar-refractivity contribution in [3.8, 4) is 11.5 Å². The van der Waals surface area contributed by atoms with E-state index in [9.17, 15) is 9.59 Å². The molecule has 0 spiro atoms. The van der Waals surface area contributed by atoms with Gasteiger partial charge in [-0.3, -0.25) is 4.79 Å². The molecule has 2 aromatic carbocycles. The predicted molar refractivity (Wildman–Crippen MR) is 111 cm³/mol. The van der Waals surface area contributed by atoms with Gasteiger partial charge in [-0.05, 0) is 48.9 Å². The van der Waals surface area contributed by atoms with Crippen molar-refractivity contribution in [3.05, 3.63) is 60.2 Å². The summed E-state index contributed by atoms with van der Waals surface area (Å²) >= 11 is 0. The smallest absolute Gasteiger partial charge is 0.343 e. The molecule has 0 saturated carbocycles. The number of benzene rings is 2. The van der Waals surface area contributed by atoms with Gasteiger partial charge in [-0.1, -0.05) is 51.2 Å². The summed E-state index contributed by atoms with van der Waals surface area (Å²) in [5.41, 5.74) is 0.375. The maximum Gasteiger partial charge on any atom is 0.343 e. The molecule has 0 aliphatic heterocycles. The summed E-state index contributed by atoms with van der Waals surface area (Å²) in [4.78, 5) is 24.0. The number of hydrogen-bond donors (Lipinski definition) is 0. The van der Waals surface area contributed by atoms with Crippen LogP contribution in [0.15, 0.2) is 48.5 Å². The molecule has 0 N–H and O–H groups in total. The zero-order chi connectivity index (χ0) is 20.7. The SMILES string of the molecule is CCCCCCCCOCCC(=O)Oc1ccc(C(=O)Oc2cc[c]cc2)cc1. The highest BCUT2D eigenvalue weighted by Crippen LogP contribution is 2.16. The molecule has 155 valence electrons. The molecule has 2 rings (SSSR count). The Morgan fingerprint density at radius 2 is 1.45 bits per heavy atom. The van der Waals surface area contributed by atoms with Crippen LogP contribution in [0.3, 0.4) is 0 Å². The third-order valence-electron chi connectivity index (χ3n) is 4.31. The van der Waals surface area contributed by atoms with Gasteiger partial charge < -0.3 is 14.2 Å². The Morgan fingerprint density at radius 3 is 2.17 bits per heavy atom. The first-order valence-corrected chi connectivity index (χ1v) is 10.3. The van der Waals surface area contributed by atoms with Gasteiger partial charge in [0.05, 0.1) is 18.6 Å². The lowest BCUT2D eigenvalue weighted by molar-refractivity contribution is -0.135. The topological polar surface area (TPSA) is 61.8 Å². The summed E-state index contributed by atoms with van der Waals surface area (Å²) in [7, 11) is 0. The largest absolute Gasteiger partial charge is 0.426 e. The van der Waals surface area contributed by atoms with E-state index in [4.69, 9.17) is 14.2 Å². The van der Waals surface area contributed by atoms with Gasteiger partial charge in [0, 0.05) is 6.61 Å². The third-order valence-corrected chi connectivity index (χ3v) is 4.31. The van der Waals surface area contributed by atoms with Gasteiger partial charge in [-0.25, -0.2) is 4.79 Å². The number of esters is 2. The molecule has 29 heavy (non-hydrogen) atoms. The Labute approximate surface area is 173 Å². The van der Waals surface area contributed by atoms with Crippen LogP contribution >= 0.6 is 0 Å². The molecule has 0 aliphatic rings. The Morgan fingerprint density at radius 1 is 0.793 bits per heavy atom. The summed E-state index contributed by atoms with van der Waals surface area (Å²) in [5, 5.41) is 0. The van der Waals surface area contributed by atoms with Crippen LogP contribution in [0.1, 0.15) is 62.2 Å². The summed E-state index contributed by atoms with van der Waals surface area (Å²) in [5.74, 6) is 0.00276. The average molecular weight is 397 g/mol. The van der Waals surface area contributed by atoms with Gasteiger partial charge in [0.25, 0.3) is 0 Å². The van der Waals surface area contributed by atoms with Gasteiger partial charge in [0.2, 0.25) is 0 Å². The van der Waals surface area contributed by atoms with E-state index in [2.05, 4.69) is 13.0 Å². The van der Waals surface area contributed by atoms with Gasteiger partial charge in [0.1, 0.15) is 11.5 Å². The molecule has 0 bridgehead atoms. The number of rotatable bonds is 13. The predicted octanol–water partition coefficient (Wildman–Crippen LogP) is 5.38. The van der Waals surface area contributed by atoms with Crippen LogP contribution in [-0.4, -0.2) is 25.2 Å². The van der Waals surface area contributed by atoms with Crippen molar-refractivity contribution in [3.63, 3.8) is 0 Å². The second-order valence-corrected chi connectivity index (χ2v) is 6.75. The Balaban J connectivity index is 1.62. The number of unbranched alkanes of at least 4 members (excludes halogenated alkanes) is 5. The van der Waals surface area contributed by atoms with Crippen molar-refractivity contribution < 1.29 is 23.8 Å². The maximum absolute atomic E-state index is 12.1. The Kier molecular flexibility index (Phi) is 10.5. The monoisotopic (exact) mass is 397 g/mol. The van der Waals surface area contributed by atoms with E-state index < -0.39 is 5.97 Å². The molecule has 0 saturated heterocycles. The van der Waals surface area contributed by atoms with Gasteiger partial charge >= 0.3 is 11.9 Å². The highest BCUT2D eigenvalue weighted by Gasteiger charge is 2.10. The standard InChI is InChI=1S/C24H29O5/c1-2-3-4-5-6-10-18-27-19-17-23(25)28-22-15-13-20(14-16-22)24(26)29-21-11-8-7-9-12-21/h8-9,11-16H,2-6,10,17-19H2,1H3. The molecular weight excluding hydrogens is 368 g/mol. The molecule has 2 aromatic rings. The van der Waals surface area contributed by atoms with Crippen LogP contribution in [0.25, 0.3) is 0 Å². The van der Waals surface area contributed by atoms with Crippen LogP contribution in [-0.2, 0) is 9.53 Å². The van der Waals surface area contributed by atoms with Crippen LogP contribution in [0, 0.1) is 6.07 Å². The number of ether oxygens (including phenoxy) is 3. The minimum Gasteiger partial charge on any atom is -0.426 e. The van der Waals surface area contributed by atoms with Crippen LogP contribution in [0.5, 0.6) is 11.5 Å². The fourth-order valence-corrected chi connectivity index (χ4v) is 2.69. The molecule has 5 heteroatoms. The highest BCUT2D eigenvalue weighted by molar-refractivity contribution is 5.91. The van der Waals surface area contributed by atoms with Crippen molar-refractivity contribution >= 4 is 11.9 Å². The van der Waals surface area contributed by atoms with Gasteiger partial charge in [0.15, 0.2) is 0 Å². The molecule has 0 heterocycles. The number of carbonyl (C=O) groups is 2. The van der Waals surface area contributed by atoms with E-state index in [0.29, 0.717) is 30.3 Å². The van der Waals surface area contributed by atoms with Gasteiger partial charge in [-0.15, -0.1) is 0 Å². The minimum atomic E-state index is -0.475. The minimum absolute atomic E-state index is 0.199. The lowest BCUT2D eigenvalue weighted by atomic mass is 10.1. The zero-order valence-electron chi connectivity index (χ0n) is 17.0. The Hall–Kier alpha value is -2.66. The molecule has 0 fully saturated rings. The summed E-state index contributed by atoms with van der Waals surface area (Å²) < 4.78 is 16.0. The first-order chi connectivity index (χ1) is 14.2. The van der Waals surface area contributed by atoms with E-state index in [0.717, 1.165) is 6.42 Å². The quantitative estimate of drug-likeness (QED) is 0.258. The second-order valence-electron chi connectivity index (χ2n) is 6.75. The van der Waals surface area contributed by atoms with Crippen molar-refractivity contribution in [2.24, 2.45) is 0 Å². The fourth-order valence-electron chi connectivity index (χ4n) is 2.69. The highest BCUT2D eigenvalue weighted by atomic mass is 16.5. The van der Waals surface area contributed by atoms with Crippen molar-refractivity contribution in [1.82, 2.24) is 0 Å². The lowest BCUT2D eigenvalue weighted by Crippen LogP contribution is -2.12. The first-order valence-electron chi connectivity index (χ1n) is 10.3.